The van der Waals surface area contributed by atoms with Crippen LogP contribution in [0.3, 0.4) is 0 Å². The average molecular weight is 415 g/mol. The monoisotopic (exact) mass is 414 g/mol. The van der Waals surface area contributed by atoms with Gasteiger partial charge >= 0.3 is 0 Å². The number of amides is 1. The molecule has 2 aromatic carbocycles. The number of carbonyl (C=O) groups excluding carboxylic acids is 1. The minimum atomic E-state index is -0.466. The van der Waals surface area contributed by atoms with Crippen LogP contribution in [0.4, 0.5) is 5.69 Å². The molecule has 0 aromatic heterocycles. The maximum Gasteiger partial charge on any atom is 0.266 e. The first-order valence-corrected chi connectivity index (χ1v) is 8.61. The minimum absolute atomic E-state index is 0.0134. The Bertz CT molecular complexity index is 894. The molecule has 2 aromatic rings. The average Bonchev–Trinajstić information content (AvgIpc) is 2.63. The van der Waals surface area contributed by atoms with E-state index in [1.165, 1.54) is 13.2 Å². The lowest BCUT2D eigenvalue weighted by Crippen LogP contribution is -2.15. The third-order valence-corrected chi connectivity index (χ3v) is 4.57. The van der Waals surface area contributed by atoms with Crippen molar-refractivity contribution in [3.63, 3.8) is 0 Å². The number of aryl methyl sites for hydroxylation is 2. The van der Waals surface area contributed by atoms with Crippen molar-refractivity contribution in [2.45, 2.75) is 13.8 Å². The van der Waals surface area contributed by atoms with Crippen LogP contribution in [0.1, 0.15) is 16.7 Å². The van der Waals surface area contributed by atoms with E-state index in [1.807, 2.05) is 38.1 Å². The minimum Gasteiger partial charge on any atom is -0.493 e. The van der Waals surface area contributed by atoms with Crippen molar-refractivity contribution in [2.24, 2.45) is 0 Å². The second-order valence-corrected chi connectivity index (χ2v) is 6.47. The van der Waals surface area contributed by atoms with Crippen LogP contribution in [0, 0.1) is 25.2 Å². The number of para-hydroxylation sites is 1. The maximum absolute atomic E-state index is 12.6. The molecular weight excluding hydrogens is 396 g/mol. The Morgan fingerprint density at radius 2 is 1.73 bits per heavy atom. The Balaban J connectivity index is 2.39. The number of nitrogens with one attached hydrogen (secondary N) is 1. The van der Waals surface area contributed by atoms with E-state index in [0.29, 0.717) is 27.2 Å². The highest BCUT2D eigenvalue weighted by molar-refractivity contribution is 9.10. The summed E-state index contributed by atoms with van der Waals surface area (Å²) in [6.07, 6.45) is 1.51. The summed E-state index contributed by atoms with van der Waals surface area (Å²) in [7, 11) is 3.07. The molecule has 0 saturated carbocycles. The number of hydrogen-bond acceptors (Lipinski definition) is 4. The zero-order chi connectivity index (χ0) is 19.3. The fourth-order valence-corrected chi connectivity index (χ4v) is 2.91. The third-order valence-electron chi connectivity index (χ3n) is 3.89. The molecule has 0 unspecified atom stereocenters. The molecule has 0 bridgehead atoms. The topological polar surface area (TPSA) is 71.3 Å². The van der Waals surface area contributed by atoms with Crippen LogP contribution in [0.25, 0.3) is 6.08 Å². The van der Waals surface area contributed by atoms with Crippen LogP contribution in [-0.2, 0) is 4.79 Å². The summed E-state index contributed by atoms with van der Waals surface area (Å²) in [5.41, 5.74) is 3.20. The van der Waals surface area contributed by atoms with Crippen molar-refractivity contribution in [1.82, 2.24) is 0 Å². The van der Waals surface area contributed by atoms with Gasteiger partial charge in [0.05, 0.1) is 14.2 Å². The smallest absolute Gasteiger partial charge is 0.266 e. The zero-order valence-electron chi connectivity index (χ0n) is 15.0. The molecule has 0 aliphatic heterocycles. The first kappa shape index (κ1) is 19.5. The molecule has 5 nitrogen and oxygen atoms in total. The van der Waals surface area contributed by atoms with Gasteiger partial charge in [-0.05, 0) is 48.7 Å². The van der Waals surface area contributed by atoms with Gasteiger partial charge in [0.2, 0.25) is 0 Å². The molecule has 1 N–H and O–H groups in total. The van der Waals surface area contributed by atoms with Gasteiger partial charge in [0.25, 0.3) is 5.91 Å². The number of hydrogen-bond donors (Lipinski definition) is 1. The summed E-state index contributed by atoms with van der Waals surface area (Å²) in [6, 6.07) is 11.1. The number of halogens is 1. The number of ether oxygens (including phenoxy) is 2. The van der Waals surface area contributed by atoms with Crippen molar-refractivity contribution >= 4 is 33.6 Å². The fourth-order valence-electron chi connectivity index (χ4n) is 2.48. The molecule has 134 valence electrons. The largest absolute Gasteiger partial charge is 0.493 e. The highest BCUT2D eigenvalue weighted by atomic mass is 79.9. The van der Waals surface area contributed by atoms with Crippen LogP contribution in [0.5, 0.6) is 11.5 Å². The van der Waals surface area contributed by atoms with E-state index in [9.17, 15) is 10.1 Å². The molecule has 0 fully saturated rings. The van der Waals surface area contributed by atoms with Gasteiger partial charge in [-0.1, -0.05) is 34.1 Å². The van der Waals surface area contributed by atoms with Gasteiger partial charge in [-0.3, -0.25) is 4.79 Å². The number of anilines is 1. The van der Waals surface area contributed by atoms with E-state index in [2.05, 4.69) is 21.2 Å². The fraction of sp³-hybridized carbons (Fsp3) is 0.200. The van der Waals surface area contributed by atoms with Crippen molar-refractivity contribution in [1.29, 1.82) is 5.26 Å². The number of benzene rings is 2. The van der Waals surface area contributed by atoms with Gasteiger partial charge < -0.3 is 14.8 Å². The van der Waals surface area contributed by atoms with E-state index in [-0.39, 0.29) is 5.57 Å². The third kappa shape index (κ3) is 4.24. The Labute approximate surface area is 161 Å². The van der Waals surface area contributed by atoms with E-state index in [4.69, 9.17) is 9.47 Å². The molecule has 0 aliphatic rings. The summed E-state index contributed by atoms with van der Waals surface area (Å²) >= 11 is 3.43. The normalized spacial score (nSPS) is 10.8. The van der Waals surface area contributed by atoms with E-state index in [1.54, 1.807) is 19.2 Å². The van der Waals surface area contributed by atoms with Gasteiger partial charge in [0.1, 0.15) is 11.6 Å². The number of rotatable bonds is 5. The molecule has 1 amide bonds. The number of nitriles is 1. The van der Waals surface area contributed by atoms with E-state index < -0.39 is 5.91 Å². The van der Waals surface area contributed by atoms with Crippen molar-refractivity contribution in [3.8, 4) is 17.6 Å². The van der Waals surface area contributed by atoms with Gasteiger partial charge in [-0.25, -0.2) is 0 Å². The van der Waals surface area contributed by atoms with Crippen LogP contribution in [0.15, 0.2) is 40.4 Å². The van der Waals surface area contributed by atoms with Crippen molar-refractivity contribution in [2.75, 3.05) is 19.5 Å². The Morgan fingerprint density at radius 3 is 2.27 bits per heavy atom. The Kier molecular flexibility index (Phi) is 6.42. The molecule has 0 radical (unpaired) electrons. The number of methoxy groups -OCH3 is 2. The second-order valence-electron chi connectivity index (χ2n) is 5.62. The summed E-state index contributed by atoms with van der Waals surface area (Å²) in [5, 5.41) is 12.3. The molecule has 0 heterocycles. The van der Waals surface area contributed by atoms with Crippen LogP contribution >= 0.6 is 15.9 Å². The zero-order valence-corrected chi connectivity index (χ0v) is 16.6. The van der Waals surface area contributed by atoms with Gasteiger partial charge in [0, 0.05) is 10.2 Å². The van der Waals surface area contributed by atoms with Crippen LogP contribution in [0.2, 0.25) is 0 Å². The first-order chi connectivity index (χ1) is 12.4. The molecule has 2 rings (SSSR count). The Morgan fingerprint density at radius 1 is 1.15 bits per heavy atom. The number of carbonyl (C=O) groups is 1. The summed E-state index contributed by atoms with van der Waals surface area (Å²) in [6.45, 7) is 3.81. The van der Waals surface area contributed by atoms with Crippen LogP contribution < -0.4 is 14.8 Å². The van der Waals surface area contributed by atoms with E-state index >= 15 is 0 Å². The van der Waals surface area contributed by atoms with Crippen molar-refractivity contribution < 1.29 is 14.3 Å². The quantitative estimate of drug-likeness (QED) is 0.571. The number of nitrogens with zero attached hydrogens (tertiary/aromatic N) is 1. The standard InChI is InChI=1S/C20H19BrN2O3/c1-12-6-5-7-13(2)19(12)23-20(24)15(11-22)8-14-9-17(25-3)18(26-4)10-16(14)21/h5-10H,1-4H3,(H,23,24). The van der Waals surface area contributed by atoms with Crippen molar-refractivity contribution in [3.05, 3.63) is 57.1 Å². The molecule has 0 saturated heterocycles. The maximum atomic E-state index is 12.6. The van der Waals surface area contributed by atoms with Crippen LogP contribution in [-0.4, -0.2) is 20.1 Å². The Hall–Kier alpha value is -2.78. The molecule has 26 heavy (non-hydrogen) atoms. The molecule has 0 atom stereocenters. The van der Waals surface area contributed by atoms with Gasteiger partial charge in [0.15, 0.2) is 11.5 Å². The second kappa shape index (κ2) is 8.54. The lowest BCUT2D eigenvalue weighted by Gasteiger charge is -2.12. The molecular formula is C20H19BrN2O3. The summed E-state index contributed by atoms with van der Waals surface area (Å²) in [4.78, 5) is 12.6. The van der Waals surface area contributed by atoms with E-state index in [0.717, 1.165) is 11.1 Å². The predicted molar refractivity (Wildman–Crippen MR) is 105 cm³/mol. The van der Waals surface area contributed by atoms with Gasteiger partial charge in [-0.2, -0.15) is 5.26 Å². The molecule has 0 aliphatic carbocycles. The highest BCUT2D eigenvalue weighted by Gasteiger charge is 2.14. The molecule has 6 heteroatoms. The lowest BCUT2D eigenvalue weighted by atomic mass is 10.1. The first-order valence-electron chi connectivity index (χ1n) is 7.82. The highest BCUT2D eigenvalue weighted by Crippen LogP contribution is 2.34. The van der Waals surface area contributed by atoms with Gasteiger partial charge in [-0.15, -0.1) is 0 Å². The summed E-state index contributed by atoms with van der Waals surface area (Å²) in [5.74, 6) is 0.594. The molecule has 0 spiro atoms. The summed E-state index contributed by atoms with van der Waals surface area (Å²) < 4.78 is 11.2. The lowest BCUT2D eigenvalue weighted by molar-refractivity contribution is -0.112. The SMILES string of the molecule is COc1cc(Br)c(C=C(C#N)C(=O)Nc2c(C)cccc2C)cc1OC. The predicted octanol–water partition coefficient (Wildman–Crippen LogP) is 4.63.